The van der Waals surface area contributed by atoms with E-state index < -0.39 is 15.6 Å². The van der Waals surface area contributed by atoms with E-state index in [9.17, 15) is 13.5 Å². The lowest BCUT2D eigenvalue weighted by Gasteiger charge is -2.23. The molecule has 0 spiro atoms. The molecule has 1 fully saturated rings. The summed E-state index contributed by atoms with van der Waals surface area (Å²) in [6, 6.07) is 1.72. The molecule has 0 bridgehead atoms. The van der Waals surface area contributed by atoms with Crippen molar-refractivity contribution in [3.63, 3.8) is 0 Å². The molecule has 1 saturated heterocycles. The van der Waals surface area contributed by atoms with E-state index in [1.54, 1.807) is 25.4 Å². The van der Waals surface area contributed by atoms with Crippen LogP contribution >= 0.6 is 0 Å². The van der Waals surface area contributed by atoms with Gasteiger partial charge in [-0.3, -0.25) is 0 Å². The number of anilines is 1. The maximum Gasteiger partial charge on any atom is 0.225 e. The Morgan fingerprint density at radius 3 is 2.79 bits per heavy atom. The van der Waals surface area contributed by atoms with Crippen molar-refractivity contribution in [1.29, 1.82) is 0 Å². The SMILES string of the molecule is CCS(=O)(=O)NCC1(O)CCN(c2ncccn2)C1. The smallest absolute Gasteiger partial charge is 0.225 e. The summed E-state index contributed by atoms with van der Waals surface area (Å²) < 4.78 is 25.2. The lowest BCUT2D eigenvalue weighted by molar-refractivity contribution is 0.0685. The van der Waals surface area contributed by atoms with Gasteiger partial charge in [0.25, 0.3) is 0 Å². The normalized spacial score (nSPS) is 23.8. The summed E-state index contributed by atoms with van der Waals surface area (Å²) in [5.74, 6) is 0.561. The van der Waals surface area contributed by atoms with Gasteiger partial charge in [0, 0.05) is 25.5 Å². The molecule has 19 heavy (non-hydrogen) atoms. The number of sulfonamides is 1. The van der Waals surface area contributed by atoms with Gasteiger partial charge in [-0.25, -0.2) is 23.1 Å². The quantitative estimate of drug-likeness (QED) is 0.747. The van der Waals surface area contributed by atoms with Gasteiger partial charge in [0.2, 0.25) is 16.0 Å². The van der Waals surface area contributed by atoms with Crippen LogP contribution in [0.3, 0.4) is 0 Å². The minimum absolute atomic E-state index is 0.00852. The Hall–Kier alpha value is -1.25. The molecule has 0 radical (unpaired) electrons. The molecule has 1 aliphatic rings. The van der Waals surface area contributed by atoms with Crippen molar-refractivity contribution in [3.8, 4) is 0 Å². The molecule has 8 heteroatoms. The molecule has 1 atom stereocenters. The van der Waals surface area contributed by atoms with Gasteiger partial charge >= 0.3 is 0 Å². The zero-order valence-electron chi connectivity index (χ0n) is 10.8. The van der Waals surface area contributed by atoms with Crippen LogP contribution in [0.5, 0.6) is 0 Å². The van der Waals surface area contributed by atoms with E-state index in [-0.39, 0.29) is 12.3 Å². The Morgan fingerprint density at radius 1 is 1.47 bits per heavy atom. The minimum atomic E-state index is -3.29. The summed E-state index contributed by atoms with van der Waals surface area (Å²) in [5.41, 5.74) is -1.07. The molecule has 2 heterocycles. The second-order valence-electron chi connectivity index (χ2n) is 4.67. The molecule has 1 unspecified atom stereocenters. The highest BCUT2D eigenvalue weighted by Gasteiger charge is 2.37. The van der Waals surface area contributed by atoms with Crippen molar-refractivity contribution in [1.82, 2.24) is 14.7 Å². The van der Waals surface area contributed by atoms with E-state index in [4.69, 9.17) is 0 Å². The summed E-state index contributed by atoms with van der Waals surface area (Å²) >= 11 is 0. The Kier molecular flexibility index (Phi) is 4.02. The molecule has 0 aliphatic carbocycles. The molecule has 2 rings (SSSR count). The zero-order chi connectivity index (χ0) is 13.9. The predicted octanol–water partition coefficient (Wildman–Crippen LogP) is -0.643. The fourth-order valence-corrected chi connectivity index (χ4v) is 2.67. The highest BCUT2D eigenvalue weighted by Crippen LogP contribution is 2.23. The van der Waals surface area contributed by atoms with Gasteiger partial charge in [-0.2, -0.15) is 0 Å². The molecule has 0 amide bonds. The molecule has 2 N–H and O–H groups in total. The van der Waals surface area contributed by atoms with E-state index in [0.717, 1.165) is 0 Å². The van der Waals surface area contributed by atoms with Crippen molar-refractivity contribution in [2.75, 3.05) is 30.3 Å². The summed E-state index contributed by atoms with van der Waals surface area (Å²) in [4.78, 5) is 10.1. The molecule has 1 aliphatic heterocycles. The molecule has 1 aromatic rings. The fraction of sp³-hybridized carbons (Fsp3) is 0.636. The number of hydrogen-bond acceptors (Lipinski definition) is 6. The van der Waals surface area contributed by atoms with Gasteiger partial charge in [-0.1, -0.05) is 0 Å². The van der Waals surface area contributed by atoms with Crippen molar-refractivity contribution in [3.05, 3.63) is 18.5 Å². The van der Waals surface area contributed by atoms with Gasteiger partial charge in [-0.15, -0.1) is 0 Å². The summed E-state index contributed by atoms with van der Waals surface area (Å²) in [7, 11) is -3.29. The van der Waals surface area contributed by atoms with E-state index in [1.807, 2.05) is 4.90 Å². The largest absolute Gasteiger partial charge is 0.387 e. The van der Waals surface area contributed by atoms with Crippen molar-refractivity contribution in [2.24, 2.45) is 0 Å². The molecular weight excluding hydrogens is 268 g/mol. The van der Waals surface area contributed by atoms with E-state index in [0.29, 0.717) is 25.5 Å². The van der Waals surface area contributed by atoms with Crippen LogP contribution in [0.25, 0.3) is 0 Å². The second-order valence-corrected chi connectivity index (χ2v) is 6.76. The van der Waals surface area contributed by atoms with Crippen LogP contribution < -0.4 is 9.62 Å². The first-order valence-corrected chi connectivity index (χ1v) is 7.81. The summed E-state index contributed by atoms with van der Waals surface area (Å²) in [6.07, 6.45) is 3.76. The van der Waals surface area contributed by atoms with Crippen molar-refractivity contribution >= 4 is 16.0 Å². The topological polar surface area (TPSA) is 95.4 Å². The van der Waals surface area contributed by atoms with Gasteiger partial charge in [0.05, 0.1) is 17.9 Å². The Morgan fingerprint density at radius 2 is 2.16 bits per heavy atom. The molecule has 0 saturated carbocycles. The highest BCUT2D eigenvalue weighted by atomic mass is 32.2. The standard InChI is InChI=1S/C11H18N4O3S/c1-2-19(17,18)14-8-11(16)4-7-15(9-11)10-12-5-3-6-13-10/h3,5-6,14,16H,2,4,7-9H2,1H3. The number of aliphatic hydroxyl groups is 1. The van der Waals surface area contributed by atoms with Crippen LogP contribution in [0.1, 0.15) is 13.3 Å². The monoisotopic (exact) mass is 286 g/mol. The van der Waals surface area contributed by atoms with Gasteiger partial charge in [0.15, 0.2) is 0 Å². The average Bonchev–Trinajstić information content (AvgIpc) is 2.81. The van der Waals surface area contributed by atoms with Crippen LogP contribution in [0.2, 0.25) is 0 Å². The van der Waals surface area contributed by atoms with Crippen molar-refractivity contribution < 1.29 is 13.5 Å². The second kappa shape index (κ2) is 5.40. The predicted molar refractivity (Wildman–Crippen MR) is 71.3 cm³/mol. The Bertz CT molecular complexity index is 522. The van der Waals surface area contributed by atoms with Crippen LogP contribution in [0.15, 0.2) is 18.5 Å². The number of hydrogen-bond donors (Lipinski definition) is 2. The van der Waals surface area contributed by atoms with Gasteiger partial charge in [-0.05, 0) is 19.4 Å². The third-order valence-corrected chi connectivity index (χ3v) is 4.51. The third-order valence-electron chi connectivity index (χ3n) is 3.17. The highest BCUT2D eigenvalue weighted by molar-refractivity contribution is 7.89. The number of nitrogens with one attached hydrogen (secondary N) is 1. The van der Waals surface area contributed by atoms with E-state index in [2.05, 4.69) is 14.7 Å². The number of nitrogens with zero attached hydrogens (tertiary/aromatic N) is 3. The first kappa shape index (κ1) is 14.2. The van der Waals surface area contributed by atoms with Crippen molar-refractivity contribution in [2.45, 2.75) is 18.9 Å². The number of β-amino-alcohol motifs (C(OH)–C–C–N with tert-alkyl or cyclic N) is 1. The molecular formula is C11H18N4O3S. The maximum atomic E-state index is 11.4. The first-order chi connectivity index (χ1) is 8.94. The molecule has 7 nitrogen and oxygen atoms in total. The first-order valence-electron chi connectivity index (χ1n) is 6.16. The van der Waals surface area contributed by atoms with Gasteiger partial charge < -0.3 is 10.0 Å². The lowest BCUT2D eigenvalue weighted by Crippen LogP contribution is -2.45. The van der Waals surface area contributed by atoms with Crippen LogP contribution in [0, 0.1) is 0 Å². The van der Waals surface area contributed by atoms with Crippen LogP contribution in [-0.4, -0.2) is 54.5 Å². The van der Waals surface area contributed by atoms with E-state index in [1.165, 1.54) is 0 Å². The number of rotatable bonds is 5. The fourth-order valence-electron chi connectivity index (χ4n) is 1.97. The molecule has 1 aromatic heterocycles. The van der Waals surface area contributed by atoms with Crippen LogP contribution in [-0.2, 0) is 10.0 Å². The zero-order valence-corrected chi connectivity index (χ0v) is 11.6. The minimum Gasteiger partial charge on any atom is -0.387 e. The molecule has 0 aromatic carbocycles. The Balaban J connectivity index is 1.97. The summed E-state index contributed by atoms with van der Waals surface area (Å²) in [6.45, 7) is 2.51. The summed E-state index contributed by atoms with van der Waals surface area (Å²) in [5, 5.41) is 10.4. The van der Waals surface area contributed by atoms with Gasteiger partial charge in [0.1, 0.15) is 0 Å². The maximum absolute atomic E-state index is 11.4. The van der Waals surface area contributed by atoms with E-state index >= 15 is 0 Å². The Labute approximate surface area is 112 Å². The molecule has 106 valence electrons. The number of aromatic nitrogens is 2. The third kappa shape index (κ3) is 3.62. The van der Waals surface area contributed by atoms with Crippen LogP contribution in [0.4, 0.5) is 5.95 Å². The average molecular weight is 286 g/mol. The lowest BCUT2D eigenvalue weighted by atomic mass is 10.0.